The van der Waals surface area contributed by atoms with E-state index >= 15 is 0 Å². The van der Waals surface area contributed by atoms with Crippen molar-refractivity contribution in [3.63, 3.8) is 0 Å². The van der Waals surface area contributed by atoms with Crippen molar-refractivity contribution >= 4 is 33.3 Å². The van der Waals surface area contributed by atoms with Gasteiger partial charge < -0.3 is 9.47 Å². The number of ether oxygens (including phenoxy) is 2. The van der Waals surface area contributed by atoms with Crippen LogP contribution in [0, 0.1) is 6.92 Å². The van der Waals surface area contributed by atoms with Gasteiger partial charge in [-0.05, 0) is 58.7 Å². The lowest BCUT2D eigenvalue weighted by molar-refractivity contribution is 0.103. The summed E-state index contributed by atoms with van der Waals surface area (Å²) in [5, 5.41) is 0.646. The normalized spacial score (nSPS) is 13.1. The van der Waals surface area contributed by atoms with Gasteiger partial charge >= 0.3 is 0 Å². The summed E-state index contributed by atoms with van der Waals surface area (Å²) in [6, 6.07) is 8.72. The lowest BCUT2D eigenvalue weighted by Gasteiger charge is -2.19. The summed E-state index contributed by atoms with van der Waals surface area (Å²) in [7, 11) is 0. The van der Waals surface area contributed by atoms with Crippen LogP contribution < -0.4 is 9.47 Å². The minimum Gasteiger partial charge on any atom is -0.486 e. The number of carbonyl (C=O) groups is 1. The summed E-state index contributed by atoms with van der Waals surface area (Å²) < 4.78 is 11.7. The third-order valence-electron chi connectivity index (χ3n) is 3.30. The number of benzene rings is 2. The van der Waals surface area contributed by atoms with Crippen LogP contribution in [0.5, 0.6) is 11.5 Å². The molecule has 0 radical (unpaired) electrons. The number of aryl methyl sites for hydroxylation is 1. The van der Waals surface area contributed by atoms with Crippen molar-refractivity contribution in [2.75, 3.05) is 13.2 Å². The molecule has 0 saturated carbocycles. The number of halogens is 2. The molecule has 0 spiro atoms. The molecule has 108 valence electrons. The van der Waals surface area contributed by atoms with E-state index in [-0.39, 0.29) is 5.78 Å². The number of rotatable bonds is 2. The predicted molar refractivity (Wildman–Crippen MR) is 84.8 cm³/mol. The first-order chi connectivity index (χ1) is 10.1. The molecule has 1 aliphatic rings. The smallest absolute Gasteiger partial charge is 0.194 e. The second kappa shape index (κ2) is 5.70. The Morgan fingerprint density at radius 1 is 1.14 bits per heavy atom. The fourth-order valence-corrected chi connectivity index (χ4v) is 2.80. The first kappa shape index (κ1) is 14.4. The number of hydrogen-bond donors (Lipinski definition) is 0. The van der Waals surface area contributed by atoms with Crippen molar-refractivity contribution in [3.05, 3.63) is 56.5 Å². The minimum atomic E-state index is -0.0846. The average molecular weight is 368 g/mol. The Labute approximate surface area is 136 Å². The van der Waals surface area contributed by atoms with Crippen LogP contribution in [0.25, 0.3) is 0 Å². The molecule has 0 aromatic heterocycles. The summed E-state index contributed by atoms with van der Waals surface area (Å²) in [6.45, 7) is 2.88. The van der Waals surface area contributed by atoms with Crippen LogP contribution in [-0.4, -0.2) is 19.0 Å². The second-order valence-electron chi connectivity index (χ2n) is 4.77. The Kier molecular flexibility index (Phi) is 3.91. The molecule has 0 amide bonds. The highest BCUT2D eigenvalue weighted by Gasteiger charge is 2.20. The van der Waals surface area contributed by atoms with Crippen molar-refractivity contribution in [2.24, 2.45) is 0 Å². The molecule has 3 rings (SSSR count). The van der Waals surface area contributed by atoms with E-state index in [2.05, 4.69) is 15.9 Å². The highest BCUT2D eigenvalue weighted by atomic mass is 79.9. The number of hydrogen-bond acceptors (Lipinski definition) is 3. The molecule has 0 saturated heterocycles. The van der Waals surface area contributed by atoms with Crippen LogP contribution in [0.1, 0.15) is 21.5 Å². The summed E-state index contributed by atoms with van der Waals surface area (Å²) in [5.41, 5.74) is 2.01. The number of carbonyl (C=O) groups excluding carboxylic acids is 1. The summed E-state index contributed by atoms with van der Waals surface area (Å²) in [4.78, 5) is 12.6. The van der Waals surface area contributed by atoms with Crippen LogP contribution in [0.15, 0.2) is 34.8 Å². The van der Waals surface area contributed by atoms with Crippen LogP contribution >= 0.6 is 27.5 Å². The third-order valence-corrected chi connectivity index (χ3v) is 4.38. The van der Waals surface area contributed by atoms with Gasteiger partial charge in [-0.25, -0.2) is 0 Å². The topological polar surface area (TPSA) is 35.5 Å². The van der Waals surface area contributed by atoms with Gasteiger partial charge in [0, 0.05) is 20.6 Å². The van der Waals surface area contributed by atoms with E-state index in [1.165, 1.54) is 0 Å². The zero-order valence-corrected chi connectivity index (χ0v) is 13.6. The highest BCUT2D eigenvalue weighted by molar-refractivity contribution is 9.10. The molecule has 0 bridgehead atoms. The maximum absolute atomic E-state index is 12.6. The average Bonchev–Trinajstić information content (AvgIpc) is 2.48. The van der Waals surface area contributed by atoms with E-state index in [9.17, 15) is 4.79 Å². The van der Waals surface area contributed by atoms with Crippen LogP contribution in [-0.2, 0) is 0 Å². The van der Waals surface area contributed by atoms with Crippen molar-refractivity contribution in [2.45, 2.75) is 6.92 Å². The van der Waals surface area contributed by atoms with Gasteiger partial charge in [-0.15, -0.1) is 0 Å². The summed E-state index contributed by atoms with van der Waals surface area (Å²) in [5.74, 6) is 1.16. The molecule has 5 heteroatoms. The number of ketones is 1. The third kappa shape index (κ3) is 2.78. The SMILES string of the molecule is Cc1cc(C(=O)c2cc3c(cc2Br)OCCO3)ccc1Cl. The zero-order chi connectivity index (χ0) is 15.0. The quantitative estimate of drug-likeness (QED) is 0.737. The van der Waals surface area contributed by atoms with Gasteiger partial charge in [-0.1, -0.05) is 11.6 Å². The predicted octanol–water partition coefficient (Wildman–Crippen LogP) is 4.41. The van der Waals surface area contributed by atoms with Gasteiger partial charge in [0.15, 0.2) is 17.3 Å². The van der Waals surface area contributed by atoms with Gasteiger partial charge in [0.25, 0.3) is 0 Å². The van der Waals surface area contributed by atoms with E-state index in [1.54, 1.807) is 30.3 Å². The number of fused-ring (bicyclic) bond motifs is 1. The minimum absolute atomic E-state index is 0.0846. The summed E-state index contributed by atoms with van der Waals surface area (Å²) in [6.07, 6.45) is 0. The Hall–Kier alpha value is -1.52. The molecule has 0 fully saturated rings. The monoisotopic (exact) mass is 366 g/mol. The summed E-state index contributed by atoms with van der Waals surface area (Å²) >= 11 is 9.42. The molecular formula is C16H12BrClO3. The fraction of sp³-hybridized carbons (Fsp3) is 0.188. The van der Waals surface area contributed by atoms with Gasteiger partial charge in [-0.3, -0.25) is 4.79 Å². The van der Waals surface area contributed by atoms with E-state index in [4.69, 9.17) is 21.1 Å². The van der Waals surface area contributed by atoms with E-state index < -0.39 is 0 Å². The van der Waals surface area contributed by atoms with Gasteiger partial charge in [0.05, 0.1) is 0 Å². The fourth-order valence-electron chi connectivity index (χ4n) is 2.18. The van der Waals surface area contributed by atoms with Crippen molar-refractivity contribution in [3.8, 4) is 11.5 Å². The maximum Gasteiger partial charge on any atom is 0.194 e. The molecule has 3 nitrogen and oxygen atoms in total. The zero-order valence-electron chi connectivity index (χ0n) is 11.3. The molecule has 0 unspecified atom stereocenters. The van der Waals surface area contributed by atoms with Crippen molar-refractivity contribution < 1.29 is 14.3 Å². The molecular weight excluding hydrogens is 356 g/mol. The van der Waals surface area contributed by atoms with E-state index in [0.29, 0.717) is 45.3 Å². The van der Waals surface area contributed by atoms with Gasteiger partial charge in [0.2, 0.25) is 0 Å². The largest absolute Gasteiger partial charge is 0.486 e. The first-order valence-electron chi connectivity index (χ1n) is 6.46. The molecule has 2 aromatic carbocycles. The molecule has 1 heterocycles. The van der Waals surface area contributed by atoms with Crippen molar-refractivity contribution in [1.82, 2.24) is 0 Å². The van der Waals surface area contributed by atoms with Gasteiger partial charge in [-0.2, -0.15) is 0 Å². The van der Waals surface area contributed by atoms with Gasteiger partial charge in [0.1, 0.15) is 13.2 Å². The van der Waals surface area contributed by atoms with Crippen LogP contribution in [0.3, 0.4) is 0 Å². The van der Waals surface area contributed by atoms with Crippen LogP contribution in [0.4, 0.5) is 0 Å². The molecule has 0 aliphatic carbocycles. The Morgan fingerprint density at radius 3 is 2.48 bits per heavy atom. The molecule has 21 heavy (non-hydrogen) atoms. The maximum atomic E-state index is 12.6. The Morgan fingerprint density at radius 2 is 1.81 bits per heavy atom. The van der Waals surface area contributed by atoms with E-state index in [1.807, 2.05) is 6.92 Å². The van der Waals surface area contributed by atoms with Crippen molar-refractivity contribution in [1.29, 1.82) is 0 Å². The molecule has 1 aliphatic heterocycles. The lowest BCUT2D eigenvalue weighted by Crippen LogP contribution is -2.16. The molecule has 0 atom stereocenters. The Bertz CT molecular complexity index is 728. The van der Waals surface area contributed by atoms with E-state index in [0.717, 1.165) is 5.56 Å². The Balaban J connectivity index is 2.03. The second-order valence-corrected chi connectivity index (χ2v) is 6.03. The standard InChI is InChI=1S/C16H12BrClO3/c1-9-6-10(2-3-13(9)18)16(19)11-7-14-15(8-12(11)17)21-5-4-20-14/h2-3,6-8H,4-5H2,1H3. The molecule has 2 aromatic rings. The lowest BCUT2D eigenvalue weighted by atomic mass is 10.0. The van der Waals surface area contributed by atoms with Crippen LogP contribution in [0.2, 0.25) is 5.02 Å². The first-order valence-corrected chi connectivity index (χ1v) is 7.63. The highest BCUT2D eigenvalue weighted by Crippen LogP contribution is 2.36. The molecule has 0 N–H and O–H groups in total.